The molecule has 2 aliphatic carbocycles. The first-order valence-electron chi connectivity index (χ1n) is 11.0. The number of benzene rings is 1. The molecule has 0 spiro atoms. The van der Waals surface area contributed by atoms with Crippen molar-refractivity contribution in [2.24, 2.45) is 0 Å². The highest BCUT2D eigenvalue weighted by Gasteiger charge is 2.26. The average molecular weight is 457 g/mol. The molecule has 2 aromatic heterocycles. The van der Waals surface area contributed by atoms with Crippen molar-refractivity contribution in [2.75, 3.05) is 5.43 Å². The highest BCUT2D eigenvalue weighted by molar-refractivity contribution is 7.18. The molecule has 0 saturated heterocycles. The Balaban J connectivity index is 1.53. The molecule has 2 N–H and O–H groups in total. The summed E-state index contributed by atoms with van der Waals surface area (Å²) < 4.78 is 1.80. The van der Waals surface area contributed by atoms with Gasteiger partial charge in [0.05, 0.1) is 5.39 Å². The van der Waals surface area contributed by atoms with Crippen LogP contribution < -0.4 is 16.4 Å². The van der Waals surface area contributed by atoms with E-state index in [-0.39, 0.29) is 17.5 Å². The monoisotopic (exact) mass is 456 g/mol. The van der Waals surface area contributed by atoms with Crippen LogP contribution in [0.25, 0.3) is 10.2 Å². The Kier molecular flexibility index (Phi) is 5.71. The number of carbonyl (C=O) groups excluding carboxylic acids is 1. The maximum Gasteiger partial charge on any atom is 0.269 e. The largest absolute Gasteiger partial charge is 0.274 e. The number of nitrogens with one attached hydrogen (secondary N) is 2. The minimum atomic E-state index is -0.299. The molecule has 0 bridgehead atoms. The van der Waals surface area contributed by atoms with E-state index < -0.39 is 0 Å². The fourth-order valence-electron chi connectivity index (χ4n) is 4.77. The molecule has 1 fully saturated rings. The van der Waals surface area contributed by atoms with Crippen molar-refractivity contribution in [1.82, 2.24) is 15.0 Å². The van der Waals surface area contributed by atoms with Crippen LogP contribution in [0.5, 0.6) is 0 Å². The Labute approximate surface area is 189 Å². The Bertz CT molecular complexity index is 1180. The van der Waals surface area contributed by atoms with E-state index in [9.17, 15) is 9.59 Å². The van der Waals surface area contributed by atoms with Gasteiger partial charge in [-0.25, -0.2) is 4.98 Å². The van der Waals surface area contributed by atoms with Crippen molar-refractivity contribution in [3.8, 4) is 0 Å². The van der Waals surface area contributed by atoms with Crippen molar-refractivity contribution in [1.29, 1.82) is 0 Å². The van der Waals surface area contributed by atoms with Crippen LogP contribution in [0.1, 0.15) is 71.8 Å². The molecule has 8 heteroatoms. The third kappa shape index (κ3) is 3.96. The van der Waals surface area contributed by atoms with Gasteiger partial charge in [-0.05, 0) is 68.4 Å². The number of aryl methyl sites for hydroxylation is 2. The maximum atomic E-state index is 13.7. The van der Waals surface area contributed by atoms with Crippen LogP contribution in [0.15, 0.2) is 29.1 Å². The fourth-order valence-corrected chi connectivity index (χ4v) is 6.15. The van der Waals surface area contributed by atoms with E-state index in [4.69, 9.17) is 16.6 Å². The molecule has 0 radical (unpaired) electrons. The zero-order valence-corrected chi connectivity index (χ0v) is 18.8. The van der Waals surface area contributed by atoms with Crippen molar-refractivity contribution >= 4 is 45.0 Å². The minimum absolute atomic E-state index is 0.0274. The van der Waals surface area contributed by atoms with E-state index in [1.165, 1.54) is 23.3 Å². The van der Waals surface area contributed by atoms with Gasteiger partial charge in [0.1, 0.15) is 4.83 Å². The molecule has 162 valence electrons. The summed E-state index contributed by atoms with van der Waals surface area (Å²) in [6, 6.07) is 6.78. The topological polar surface area (TPSA) is 76.0 Å². The molecule has 31 heavy (non-hydrogen) atoms. The molecule has 1 amide bonds. The Morgan fingerprint density at radius 3 is 2.58 bits per heavy atom. The molecule has 2 aliphatic rings. The predicted octanol–water partition coefficient (Wildman–Crippen LogP) is 5.25. The summed E-state index contributed by atoms with van der Waals surface area (Å²) in [5, 5.41) is 1.37. The minimum Gasteiger partial charge on any atom is -0.274 e. The first kappa shape index (κ1) is 20.5. The quantitative estimate of drug-likeness (QED) is 0.525. The second-order valence-electron chi connectivity index (χ2n) is 8.38. The smallest absolute Gasteiger partial charge is 0.269 e. The summed E-state index contributed by atoms with van der Waals surface area (Å²) in [7, 11) is 0. The summed E-state index contributed by atoms with van der Waals surface area (Å²) >= 11 is 7.54. The highest BCUT2D eigenvalue weighted by atomic mass is 35.5. The number of nitrogens with zero attached hydrogens (tertiary/aromatic N) is 2. The zero-order valence-electron chi connectivity index (χ0n) is 17.2. The van der Waals surface area contributed by atoms with Gasteiger partial charge in [0.15, 0.2) is 0 Å². The standard InChI is InChI=1S/C23H25ClN4O2S/c24-15-12-10-14(11-13-15)20(29)26-27-23-25-21-19(17-8-4-5-9-18(17)31-21)22(30)28(23)16-6-2-1-3-7-16/h10-13,16H,1-9H2,(H,25,27)(H,26,29). The van der Waals surface area contributed by atoms with Crippen molar-refractivity contribution in [3.05, 3.63) is 55.6 Å². The van der Waals surface area contributed by atoms with Crippen LogP contribution in [0, 0.1) is 0 Å². The lowest BCUT2D eigenvalue weighted by Gasteiger charge is -2.26. The van der Waals surface area contributed by atoms with Crippen LogP contribution in [-0.4, -0.2) is 15.5 Å². The first-order valence-corrected chi connectivity index (χ1v) is 12.2. The molecular formula is C23H25ClN4O2S. The van der Waals surface area contributed by atoms with Gasteiger partial charge in [0.2, 0.25) is 5.95 Å². The van der Waals surface area contributed by atoms with Crippen LogP contribution >= 0.6 is 22.9 Å². The predicted molar refractivity (Wildman–Crippen MR) is 125 cm³/mol. The van der Waals surface area contributed by atoms with E-state index in [0.717, 1.165) is 55.2 Å². The Morgan fingerprint density at radius 2 is 1.81 bits per heavy atom. The van der Waals surface area contributed by atoms with Crippen LogP contribution in [0.3, 0.4) is 0 Å². The molecular weight excluding hydrogens is 432 g/mol. The molecule has 0 unspecified atom stereocenters. The third-order valence-electron chi connectivity index (χ3n) is 6.36. The third-order valence-corrected chi connectivity index (χ3v) is 7.79. The normalized spacial score (nSPS) is 16.8. The number of halogens is 1. The van der Waals surface area contributed by atoms with Gasteiger partial charge >= 0.3 is 0 Å². The van der Waals surface area contributed by atoms with Crippen LogP contribution in [0.4, 0.5) is 5.95 Å². The van der Waals surface area contributed by atoms with Crippen molar-refractivity contribution < 1.29 is 4.79 Å². The lowest BCUT2D eigenvalue weighted by molar-refractivity contribution is 0.0962. The molecule has 2 heterocycles. The molecule has 0 atom stereocenters. The summed E-state index contributed by atoms with van der Waals surface area (Å²) in [5.74, 6) is 0.122. The molecule has 1 saturated carbocycles. The van der Waals surface area contributed by atoms with E-state index in [1.807, 2.05) is 0 Å². The number of hydrogen-bond donors (Lipinski definition) is 2. The Morgan fingerprint density at radius 1 is 1.06 bits per heavy atom. The maximum absolute atomic E-state index is 13.7. The number of aromatic nitrogens is 2. The molecule has 5 rings (SSSR count). The van der Waals surface area contributed by atoms with E-state index in [2.05, 4.69) is 10.9 Å². The second kappa shape index (κ2) is 8.63. The highest BCUT2D eigenvalue weighted by Crippen LogP contribution is 2.36. The summed E-state index contributed by atoms with van der Waals surface area (Å²) in [6.07, 6.45) is 9.59. The fraction of sp³-hybridized carbons (Fsp3) is 0.435. The molecule has 3 aromatic rings. The first-order chi connectivity index (χ1) is 15.1. The number of thiophene rings is 1. The van der Waals surface area contributed by atoms with E-state index >= 15 is 0 Å². The van der Waals surface area contributed by atoms with Gasteiger partial charge in [0.25, 0.3) is 11.5 Å². The van der Waals surface area contributed by atoms with Gasteiger partial charge in [-0.1, -0.05) is 30.9 Å². The number of hydrogen-bond acceptors (Lipinski definition) is 5. The van der Waals surface area contributed by atoms with E-state index in [0.29, 0.717) is 16.5 Å². The number of rotatable bonds is 4. The van der Waals surface area contributed by atoms with Gasteiger partial charge in [0, 0.05) is 21.5 Å². The molecule has 0 aliphatic heterocycles. The average Bonchev–Trinajstić information content (AvgIpc) is 3.17. The number of anilines is 1. The molecule has 6 nitrogen and oxygen atoms in total. The summed E-state index contributed by atoms with van der Waals surface area (Å²) in [4.78, 5) is 33.2. The van der Waals surface area contributed by atoms with Gasteiger partial charge in [-0.2, -0.15) is 0 Å². The second-order valence-corrected chi connectivity index (χ2v) is 9.90. The van der Waals surface area contributed by atoms with E-state index in [1.54, 1.807) is 40.2 Å². The van der Waals surface area contributed by atoms with Crippen molar-refractivity contribution in [2.45, 2.75) is 63.8 Å². The number of carbonyl (C=O) groups is 1. The number of amides is 1. The number of hydrazine groups is 1. The van der Waals surface area contributed by atoms with Crippen LogP contribution in [-0.2, 0) is 12.8 Å². The van der Waals surface area contributed by atoms with Crippen molar-refractivity contribution in [3.63, 3.8) is 0 Å². The van der Waals surface area contributed by atoms with Gasteiger partial charge < -0.3 is 0 Å². The lowest BCUT2D eigenvalue weighted by Crippen LogP contribution is -2.36. The zero-order chi connectivity index (χ0) is 21.4. The van der Waals surface area contributed by atoms with Gasteiger partial charge in [-0.15, -0.1) is 11.3 Å². The Hall–Kier alpha value is -2.38. The van der Waals surface area contributed by atoms with Gasteiger partial charge in [-0.3, -0.25) is 25.0 Å². The SMILES string of the molecule is O=C(NNc1nc2sc3c(c2c(=O)n1C1CCCCC1)CCCC3)c1ccc(Cl)cc1. The summed E-state index contributed by atoms with van der Waals surface area (Å²) in [5.41, 5.74) is 7.39. The van der Waals surface area contributed by atoms with Crippen LogP contribution in [0.2, 0.25) is 5.02 Å². The summed E-state index contributed by atoms with van der Waals surface area (Å²) in [6.45, 7) is 0. The number of fused-ring (bicyclic) bond motifs is 3. The lowest BCUT2D eigenvalue weighted by atomic mass is 9.94. The molecule has 1 aromatic carbocycles.